The minimum Gasteiger partial charge on any atom is -0.396 e. The average Bonchev–Trinajstić information content (AvgIpc) is 3.43. The molecular formula is C29H47N3O5. The van der Waals surface area contributed by atoms with Gasteiger partial charge < -0.3 is 24.5 Å². The fraction of sp³-hybridized carbons (Fsp3) is 0.759. The van der Waals surface area contributed by atoms with Crippen LogP contribution in [0.5, 0.6) is 0 Å². The van der Waals surface area contributed by atoms with Crippen LogP contribution >= 0.6 is 0 Å². The molecule has 0 aliphatic carbocycles. The lowest BCUT2D eigenvalue weighted by Crippen LogP contribution is -2.56. The number of hydrogen-bond donors (Lipinski definition) is 1. The molecule has 1 N–H and O–H groups in total. The monoisotopic (exact) mass is 517 g/mol. The largest absolute Gasteiger partial charge is 0.396 e. The van der Waals surface area contributed by atoms with Crippen LogP contribution in [0.4, 0.5) is 0 Å². The normalized spacial score (nSPS) is 29.9. The van der Waals surface area contributed by atoms with Gasteiger partial charge in [-0.1, -0.05) is 44.8 Å². The highest BCUT2D eigenvalue weighted by Crippen LogP contribution is 2.63. The van der Waals surface area contributed by atoms with E-state index in [2.05, 4.69) is 20.1 Å². The standard InChI is InChI=1S/C29H47N3O5/c1-6-9-12-19-31(18-8-3)27(36)24-29-16-15-28(4,37-29)22(25(34)30(5)17-7-2)23(29)26(35)32(24)20-13-10-11-14-21-33/h7-8,22-24,33H,2-3,6,9-21H2,1,4-5H3/t22-,23+,24?,28+,29?/m1/s1. The van der Waals surface area contributed by atoms with E-state index in [1.807, 2.05) is 11.8 Å². The predicted octanol–water partition coefficient (Wildman–Crippen LogP) is 3.15. The molecule has 2 bridgehead atoms. The molecule has 0 saturated carbocycles. The van der Waals surface area contributed by atoms with Crippen LogP contribution in [0.3, 0.4) is 0 Å². The van der Waals surface area contributed by atoms with E-state index in [0.717, 1.165) is 44.9 Å². The lowest BCUT2D eigenvalue weighted by atomic mass is 9.66. The van der Waals surface area contributed by atoms with Gasteiger partial charge in [0.1, 0.15) is 11.6 Å². The van der Waals surface area contributed by atoms with Crippen LogP contribution in [0.25, 0.3) is 0 Å². The van der Waals surface area contributed by atoms with Crippen LogP contribution in [-0.4, -0.2) is 94.6 Å². The van der Waals surface area contributed by atoms with Gasteiger partial charge in [-0.3, -0.25) is 14.4 Å². The summed E-state index contributed by atoms with van der Waals surface area (Å²) < 4.78 is 6.72. The van der Waals surface area contributed by atoms with Crippen molar-refractivity contribution in [3.8, 4) is 0 Å². The zero-order valence-corrected chi connectivity index (χ0v) is 23.1. The van der Waals surface area contributed by atoms with E-state index >= 15 is 0 Å². The first kappa shape index (κ1) is 29.4. The number of likely N-dealkylation sites (N-methyl/N-ethyl adjacent to an activating group) is 1. The molecule has 3 amide bonds. The average molecular weight is 518 g/mol. The molecule has 3 saturated heterocycles. The number of rotatable bonds is 16. The fourth-order valence-electron chi connectivity index (χ4n) is 6.76. The molecule has 5 atom stereocenters. The predicted molar refractivity (Wildman–Crippen MR) is 144 cm³/mol. The Morgan fingerprint density at radius 1 is 1.08 bits per heavy atom. The highest BCUT2D eigenvalue weighted by molar-refractivity contribution is 5.99. The smallest absolute Gasteiger partial charge is 0.248 e. The molecule has 3 aliphatic rings. The van der Waals surface area contributed by atoms with Crippen LogP contribution in [0, 0.1) is 11.8 Å². The third kappa shape index (κ3) is 5.51. The topological polar surface area (TPSA) is 90.4 Å². The molecule has 37 heavy (non-hydrogen) atoms. The number of amides is 3. The summed E-state index contributed by atoms with van der Waals surface area (Å²) in [5, 5.41) is 9.12. The number of aliphatic hydroxyl groups excluding tert-OH is 1. The number of nitrogens with zero attached hydrogens (tertiary/aromatic N) is 3. The molecule has 0 aromatic heterocycles. The Morgan fingerprint density at radius 3 is 2.43 bits per heavy atom. The van der Waals surface area contributed by atoms with E-state index in [0.29, 0.717) is 39.0 Å². The van der Waals surface area contributed by atoms with Crippen molar-refractivity contribution in [2.45, 2.75) is 88.9 Å². The van der Waals surface area contributed by atoms with Crippen LogP contribution < -0.4 is 0 Å². The second-order valence-electron chi connectivity index (χ2n) is 11.2. The Morgan fingerprint density at radius 2 is 1.78 bits per heavy atom. The molecule has 2 unspecified atom stereocenters. The maximum atomic E-state index is 14.2. The van der Waals surface area contributed by atoms with Crippen LogP contribution in [0.1, 0.15) is 71.6 Å². The fourth-order valence-corrected chi connectivity index (χ4v) is 6.76. The molecular weight excluding hydrogens is 470 g/mol. The summed E-state index contributed by atoms with van der Waals surface area (Å²) in [5.41, 5.74) is -1.77. The first-order valence-corrected chi connectivity index (χ1v) is 14.1. The summed E-state index contributed by atoms with van der Waals surface area (Å²) in [4.78, 5) is 47.1. The molecule has 8 nitrogen and oxygen atoms in total. The van der Waals surface area contributed by atoms with E-state index in [4.69, 9.17) is 9.84 Å². The van der Waals surface area contributed by atoms with Gasteiger partial charge in [0.05, 0.1) is 17.4 Å². The zero-order valence-electron chi connectivity index (χ0n) is 23.1. The van der Waals surface area contributed by atoms with Crippen LogP contribution in [-0.2, 0) is 19.1 Å². The minimum absolute atomic E-state index is 0.0981. The molecule has 0 aromatic rings. The van der Waals surface area contributed by atoms with Gasteiger partial charge in [-0.2, -0.15) is 0 Å². The Balaban J connectivity index is 1.97. The number of ether oxygens (including phenoxy) is 1. The Labute approximate surface area is 222 Å². The zero-order chi connectivity index (χ0) is 27.2. The van der Waals surface area contributed by atoms with Crippen LogP contribution in [0.15, 0.2) is 25.3 Å². The van der Waals surface area contributed by atoms with E-state index in [1.54, 1.807) is 29.0 Å². The summed E-state index contributed by atoms with van der Waals surface area (Å²) in [6, 6.07) is -0.742. The highest BCUT2D eigenvalue weighted by Gasteiger charge is 2.78. The van der Waals surface area contributed by atoms with Crippen molar-refractivity contribution in [3.63, 3.8) is 0 Å². The Bertz CT molecular complexity index is 862. The van der Waals surface area contributed by atoms with Crippen molar-refractivity contribution in [3.05, 3.63) is 25.3 Å². The van der Waals surface area contributed by atoms with E-state index in [1.165, 1.54) is 0 Å². The molecule has 3 aliphatic heterocycles. The molecule has 0 aromatic carbocycles. The third-order valence-corrected chi connectivity index (χ3v) is 8.56. The quantitative estimate of drug-likeness (QED) is 0.251. The maximum Gasteiger partial charge on any atom is 0.248 e. The summed E-state index contributed by atoms with van der Waals surface area (Å²) in [7, 11) is 1.73. The highest BCUT2D eigenvalue weighted by atomic mass is 16.5. The van der Waals surface area contributed by atoms with Crippen molar-refractivity contribution < 1.29 is 24.2 Å². The van der Waals surface area contributed by atoms with Gasteiger partial charge >= 0.3 is 0 Å². The number of fused-ring (bicyclic) bond motifs is 1. The second kappa shape index (κ2) is 12.6. The molecule has 208 valence electrons. The van der Waals surface area contributed by atoms with Gasteiger partial charge in [-0.05, 0) is 39.0 Å². The maximum absolute atomic E-state index is 14.2. The van der Waals surface area contributed by atoms with Gasteiger partial charge in [-0.15, -0.1) is 13.2 Å². The van der Waals surface area contributed by atoms with E-state index in [9.17, 15) is 14.4 Å². The van der Waals surface area contributed by atoms with E-state index < -0.39 is 29.1 Å². The Hall–Kier alpha value is -2.19. The third-order valence-electron chi connectivity index (χ3n) is 8.56. The number of unbranched alkanes of at least 4 members (excludes halogenated alkanes) is 5. The van der Waals surface area contributed by atoms with Crippen molar-refractivity contribution in [2.75, 3.05) is 39.8 Å². The van der Waals surface area contributed by atoms with E-state index in [-0.39, 0.29) is 24.3 Å². The van der Waals surface area contributed by atoms with Crippen LogP contribution in [0.2, 0.25) is 0 Å². The number of carbonyl (C=O) groups is 3. The number of aliphatic hydroxyl groups is 1. The number of hydrogen-bond acceptors (Lipinski definition) is 5. The van der Waals surface area contributed by atoms with Gasteiger partial charge in [-0.25, -0.2) is 0 Å². The lowest BCUT2D eigenvalue weighted by molar-refractivity contribution is -0.153. The lowest BCUT2D eigenvalue weighted by Gasteiger charge is -2.37. The molecule has 0 radical (unpaired) electrons. The number of likely N-dealkylation sites (tertiary alicyclic amines) is 1. The summed E-state index contributed by atoms with van der Waals surface area (Å²) in [5.74, 6) is -1.65. The first-order chi connectivity index (χ1) is 17.7. The first-order valence-electron chi connectivity index (χ1n) is 14.1. The summed E-state index contributed by atoms with van der Waals surface area (Å²) in [6.07, 6.45) is 10.8. The van der Waals surface area contributed by atoms with Crippen molar-refractivity contribution >= 4 is 17.7 Å². The second-order valence-corrected chi connectivity index (χ2v) is 11.2. The Kier molecular flexibility index (Phi) is 9.98. The van der Waals surface area contributed by atoms with Crippen molar-refractivity contribution in [1.29, 1.82) is 0 Å². The molecule has 8 heteroatoms. The summed E-state index contributed by atoms with van der Waals surface area (Å²) in [6.45, 7) is 13.7. The van der Waals surface area contributed by atoms with Crippen molar-refractivity contribution in [1.82, 2.24) is 14.7 Å². The van der Waals surface area contributed by atoms with Gasteiger partial charge in [0.2, 0.25) is 17.7 Å². The molecule has 1 spiro atoms. The minimum atomic E-state index is -0.993. The number of carbonyl (C=O) groups excluding carboxylic acids is 3. The molecule has 3 fully saturated rings. The van der Waals surface area contributed by atoms with Gasteiger partial charge in [0.25, 0.3) is 0 Å². The molecule has 3 rings (SSSR count). The SMILES string of the molecule is C=CCN(C)C(=O)[C@H]1[C@H]2C(=O)N(CCCCCCO)C(C(=O)N(CC=C)CCCCC)C23CC[C@]1(C)O3. The van der Waals surface area contributed by atoms with Crippen molar-refractivity contribution in [2.24, 2.45) is 11.8 Å². The van der Waals surface area contributed by atoms with Gasteiger partial charge in [0.15, 0.2) is 0 Å². The summed E-state index contributed by atoms with van der Waals surface area (Å²) >= 11 is 0. The molecule has 3 heterocycles. The van der Waals surface area contributed by atoms with Gasteiger partial charge in [0, 0.05) is 39.8 Å².